The fourth-order valence-electron chi connectivity index (χ4n) is 1.54. The maximum atomic E-state index is 12.6. The molecule has 1 N–H and O–H groups in total. The highest BCUT2D eigenvalue weighted by atomic mass is 19.4. The van der Waals surface area contributed by atoms with E-state index in [1.54, 1.807) is 18.5 Å². The van der Waals surface area contributed by atoms with Gasteiger partial charge in [-0.2, -0.15) is 13.2 Å². The van der Waals surface area contributed by atoms with Gasteiger partial charge in [0.2, 0.25) is 0 Å². The van der Waals surface area contributed by atoms with Crippen molar-refractivity contribution in [2.45, 2.75) is 38.0 Å². The van der Waals surface area contributed by atoms with Gasteiger partial charge in [-0.05, 0) is 19.8 Å². The third-order valence-electron chi connectivity index (χ3n) is 3.06. The molecule has 1 heterocycles. The number of aromatic nitrogens is 3. The van der Waals surface area contributed by atoms with Crippen molar-refractivity contribution < 1.29 is 13.2 Å². The SMILES string of the molecule is Cc1nnc(CNC2(C(F)(F)F)CC2)n1C. The van der Waals surface area contributed by atoms with Crippen molar-refractivity contribution in [3.05, 3.63) is 11.6 Å². The first-order chi connectivity index (χ1) is 7.36. The molecule has 0 saturated heterocycles. The Kier molecular flexibility index (Phi) is 2.45. The molecule has 0 unspecified atom stereocenters. The van der Waals surface area contributed by atoms with Crippen LogP contribution < -0.4 is 5.32 Å². The Morgan fingerprint density at radius 3 is 2.38 bits per heavy atom. The lowest BCUT2D eigenvalue weighted by atomic mass is 10.2. The molecule has 0 spiro atoms. The number of nitrogens with one attached hydrogen (secondary N) is 1. The van der Waals surface area contributed by atoms with Crippen molar-refractivity contribution in [3.63, 3.8) is 0 Å². The highest BCUT2D eigenvalue weighted by Crippen LogP contribution is 2.48. The Balaban J connectivity index is 2.01. The van der Waals surface area contributed by atoms with E-state index in [-0.39, 0.29) is 19.4 Å². The molecule has 7 heteroatoms. The monoisotopic (exact) mass is 234 g/mol. The van der Waals surface area contributed by atoms with Gasteiger partial charge in [0.1, 0.15) is 17.2 Å². The van der Waals surface area contributed by atoms with Gasteiger partial charge in [0.15, 0.2) is 0 Å². The molecule has 1 aliphatic rings. The van der Waals surface area contributed by atoms with Crippen LogP contribution in [-0.4, -0.2) is 26.5 Å². The maximum Gasteiger partial charge on any atom is 0.406 e. The molecule has 1 fully saturated rings. The number of nitrogens with zero attached hydrogens (tertiary/aromatic N) is 3. The van der Waals surface area contributed by atoms with Crippen molar-refractivity contribution in [2.75, 3.05) is 0 Å². The van der Waals surface area contributed by atoms with Crippen LogP contribution in [0.3, 0.4) is 0 Å². The Morgan fingerprint density at radius 1 is 1.38 bits per heavy atom. The maximum absolute atomic E-state index is 12.6. The summed E-state index contributed by atoms with van der Waals surface area (Å²) in [6, 6.07) is 0. The van der Waals surface area contributed by atoms with Gasteiger partial charge in [-0.3, -0.25) is 5.32 Å². The van der Waals surface area contributed by atoms with Crippen molar-refractivity contribution in [1.82, 2.24) is 20.1 Å². The van der Waals surface area contributed by atoms with Crippen LogP contribution in [0.5, 0.6) is 0 Å². The third-order valence-corrected chi connectivity index (χ3v) is 3.06. The van der Waals surface area contributed by atoms with E-state index in [9.17, 15) is 13.2 Å². The molecular formula is C9H13F3N4. The van der Waals surface area contributed by atoms with Crippen molar-refractivity contribution in [1.29, 1.82) is 0 Å². The Hall–Kier alpha value is -1.11. The summed E-state index contributed by atoms with van der Waals surface area (Å²) in [5.41, 5.74) is -1.69. The van der Waals surface area contributed by atoms with Crippen LogP contribution in [0.2, 0.25) is 0 Å². The van der Waals surface area contributed by atoms with E-state index in [0.717, 1.165) is 0 Å². The minimum absolute atomic E-state index is 0.0941. The lowest BCUT2D eigenvalue weighted by Crippen LogP contribution is -2.44. The van der Waals surface area contributed by atoms with E-state index in [1.807, 2.05) is 0 Å². The zero-order valence-corrected chi connectivity index (χ0v) is 9.10. The van der Waals surface area contributed by atoms with Crippen molar-refractivity contribution >= 4 is 0 Å². The molecule has 0 radical (unpaired) electrons. The van der Waals surface area contributed by atoms with E-state index in [4.69, 9.17) is 0 Å². The van der Waals surface area contributed by atoms with Gasteiger partial charge in [-0.1, -0.05) is 0 Å². The van der Waals surface area contributed by atoms with E-state index >= 15 is 0 Å². The van der Waals surface area contributed by atoms with Gasteiger partial charge >= 0.3 is 6.18 Å². The van der Waals surface area contributed by atoms with Gasteiger partial charge in [-0.15, -0.1) is 10.2 Å². The summed E-state index contributed by atoms with van der Waals surface area (Å²) in [7, 11) is 1.74. The highest BCUT2D eigenvalue weighted by Gasteiger charge is 2.63. The van der Waals surface area contributed by atoms with E-state index in [1.165, 1.54) is 0 Å². The molecule has 0 atom stereocenters. The summed E-state index contributed by atoms with van der Waals surface area (Å²) in [5.74, 6) is 1.21. The van der Waals surface area contributed by atoms with Crippen LogP contribution in [0.15, 0.2) is 0 Å². The molecule has 0 aromatic carbocycles. The van der Waals surface area contributed by atoms with Crippen LogP contribution in [-0.2, 0) is 13.6 Å². The molecule has 1 aromatic heterocycles. The molecule has 2 rings (SSSR count). The molecule has 1 aliphatic carbocycles. The molecule has 0 amide bonds. The molecule has 1 saturated carbocycles. The first-order valence-corrected chi connectivity index (χ1v) is 5.02. The number of hydrogen-bond donors (Lipinski definition) is 1. The zero-order valence-electron chi connectivity index (χ0n) is 9.10. The second-order valence-corrected chi connectivity index (χ2v) is 4.16. The van der Waals surface area contributed by atoms with Gasteiger partial charge in [0.25, 0.3) is 0 Å². The summed E-state index contributed by atoms with van der Waals surface area (Å²) in [5, 5.41) is 10.1. The van der Waals surface area contributed by atoms with E-state index in [0.29, 0.717) is 11.6 Å². The first-order valence-electron chi connectivity index (χ1n) is 5.02. The second-order valence-electron chi connectivity index (χ2n) is 4.16. The molecule has 90 valence electrons. The fourth-order valence-corrected chi connectivity index (χ4v) is 1.54. The summed E-state index contributed by atoms with van der Waals surface area (Å²) in [6.07, 6.45) is -3.89. The summed E-state index contributed by atoms with van der Waals surface area (Å²) in [4.78, 5) is 0. The number of alkyl halides is 3. The topological polar surface area (TPSA) is 42.7 Å². The highest BCUT2D eigenvalue weighted by molar-refractivity contribution is 5.09. The van der Waals surface area contributed by atoms with E-state index in [2.05, 4.69) is 15.5 Å². The van der Waals surface area contributed by atoms with E-state index < -0.39 is 11.7 Å². The van der Waals surface area contributed by atoms with Crippen LogP contribution >= 0.6 is 0 Å². The Bertz CT molecular complexity index is 392. The number of rotatable bonds is 3. The van der Waals surface area contributed by atoms with Crippen molar-refractivity contribution in [2.24, 2.45) is 7.05 Å². The second kappa shape index (κ2) is 3.44. The molecular weight excluding hydrogens is 221 g/mol. The minimum Gasteiger partial charge on any atom is -0.317 e. The van der Waals surface area contributed by atoms with Gasteiger partial charge in [0.05, 0.1) is 6.54 Å². The van der Waals surface area contributed by atoms with Crippen LogP contribution in [0.4, 0.5) is 13.2 Å². The normalized spacial score (nSPS) is 18.8. The molecule has 0 bridgehead atoms. The number of hydrogen-bond acceptors (Lipinski definition) is 3. The predicted octanol–water partition coefficient (Wildman–Crippen LogP) is 1.31. The van der Waals surface area contributed by atoms with Crippen LogP contribution in [0.25, 0.3) is 0 Å². The predicted molar refractivity (Wildman–Crippen MR) is 50.6 cm³/mol. The molecule has 0 aliphatic heterocycles. The van der Waals surface area contributed by atoms with Crippen LogP contribution in [0, 0.1) is 6.92 Å². The standard InChI is InChI=1S/C9H13F3N4/c1-6-14-15-7(16(6)2)5-13-8(3-4-8)9(10,11)12/h13H,3-5H2,1-2H3. The van der Waals surface area contributed by atoms with Gasteiger partial charge in [0, 0.05) is 7.05 Å². The summed E-state index contributed by atoms with van der Waals surface area (Å²) < 4.78 is 39.5. The van der Waals surface area contributed by atoms with Gasteiger partial charge in [-0.25, -0.2) is 0 Å². The zero-order chi connectivity index (χ0) is 12.0. The third kappa shape index (κ3) is 1.79. The number of halogens is 3. The minimum atomic E-state index is -4.18. The molecule has 16 heavy (non-hydrogen) atoms. The van der Waals surface area contributed by atoms with Crippen molar-refractivity contribution in [3.8, 4) is 0 Å². The first kappa shape index (κ1) is 11.4. The average molecular weight is 234 g/mol. The number of aryl methyl sites for hydroxylation is 1. The fraction of sp³-hybridized carbons (Fsp3) is 0.778. The lowest BCUT2D eigenvalue weighted by molar-refractivity contribution is -0.166. The largest absolute Gasteiger partial charge is 0.406 e. The quantitative estimate of drug-likeness (QED) is 0.857. The van der Waals surface area contributed by atoms with Gasteiger partial charge < -0.3 is 4.57 Å². The lowest BCUT2D eigenvalue weighted by Gasteiger charge is -2.20. The Morgan fingerprint density at radius 2 is 2.00 bits per heavy atom. The summed E-state index contributed by atoms with van der Waals surface area (Å²) in [6.45, 7) is 1.85. The molecule has 1 aromatic rings. The summed E-state index contributed by atoms with van der Waals surface area (Å²) >= 11 is 0. The van der Waals surface area contributed by atoms with Crippen LogP contribution in [0.1, 0.15) is 24.5 Å². The Labute approximate surface area is 90.9 Å². The smallest absolute Gasteiger partial charge is 0.317 e. The average Bonchev–Trinajstić information content (AvgIpc) is 2.91. The molecule has 4 nitrogen and oxygen atoms in total.